The summed E-state index contributed by atoms with van der Waals surface area (Å²) in [5, 5.41) is 9.12. The predicted octanol–water partition coefficient (Wildman–Crippen LogP) is 5.09. The quantitative estimate of drug-likeness (QED) is 0.394. The molecule has 0 aliphatic carbocycles. The van der Waals surface area contributed by atoms with E-state index in [1.165, 1.54) is 11.8 Å². The Morgan fingerprint density at radius 1 is 1.04 bits per heavy atom. The Morgan fingerprint density at radius 3 is 2.73 bits per heavy atom. The third kappa shape index (κ3) is 5.16. The Labute approximate surface area is 161 Å². The van der Waals surface area contributed by atoms with Crippen LogP contribution >= 0.6 is 23.4 Å². The fourth-order valence-electron chi connectivity index (χ4n) is 2.20. The lowest BCUT2D eigenvalue weighted by Crippen LogP contribution is -2.00. The van der Waals surface area contributed by atoms with E-state index in [2.05, 4.69) is 10.2 Å². The zero-order valence-corrected chi connectivity index (χ0v) is 16.1. The van der Waals surface area contributed by atoms with Gasteiger partial charge in [0, 0.05) is 5.75 Å². The van der Waals surface area contributed by atoms with E-state index in [4.69, 9.17) is 25.5 Å². The summed E-state index contributed by atoms with van der Waals surface area (Å²) in [6.45, 7) is 4.76. The van der Waals surface area contributed by atoms with Gasteiger partial charge in [0.05, 0.1) is 11.6 Å². The van der Waals surface area contributed by atoms with E-state index in [9.17, 15) is 0 Å². The second-order valence-electron chi connectivity index (χ2n) is 5.65. The molecule has 0 spiro atoms. The van der Waals surface area contributed by atoms with Crippen LogP contribution in [0.4, 0.5) is 0 Å². The summed E-state index contributed by atoms with van der Waals surface area (Å²) in [5.74, 6) is 2.61. The third-order valence-corrected chi connectivity index (χ3v) is 4.64. The van der Waals surface area contributed by atoms with Gasteiger partial charge in [0.25, 0.3) is 11.1 Å². The molecule has 0 unspecified atom stereocenters. The SMILES string of the molecule is Cc1ccc(C)c(OCc2nnc(SCCOc3ccccc3Cl)o2)c1. The molecule has 0 radical (unpaired) electrons. The van der Waals surface area contributed by atoms with Crippen molar-refractivity contribution < 1.29 is 13.9 Å². The molecule has 0 fully saturated rings. The number of hydrogen-bond donors (Lipinski definition) is 0. The molecule has 0 bridgehead atoms. The van der Waals surface area contributed by atoms with Crippen molar-refractivity contribution in [1.82, 2.24) is 10.2 Å². The van der Waals surface area contributed by atoms with Crippen molar-refractivity contribution in [3.63, 3.8) is 0 Å². The van der Waals surface area contributed by atoms with Crippen LogP contribution in [-0.4, -0.2) is 22.6 Å². The lowest BCUT2D eigenvalue weighted by atomic mass is 10.1. The highest BCUT2D eigenvalue weighted by atomic mass is 35.5. The number of hydrogen-bond acceptors (Lipinski definition) is 6. The first-order chi connectivity index (χ1) is 12.6. The minimum Gasteiger partial charge on any atom is -0.491 e. The molecule has 0 N–H and O–H groups in total. The van der Waals surface area contributed by atoms with Crippen LogP contribution in [0.1, 0.15) is 17.0 Å². The lowest BCUT2D eigenvalue weighted by Gasteiger charge is -2.07. The Hall–Kier alpha value is -2.18. The lowest BCUT2D eigenvalue weighted by molar-refractivity contribution is 0.250. The molecule has 1 aromatic heterocycles. The second kappa shape index (κ2) is 8.96. The average Bonchev–Trinajstić information content (AvgIpc) is 3.09. The van der Waals surface area contributed by atoms with Gasteiger partial charge >= 0.3 is 0 Å². The molecular weight excluding hydrogens is 372 g/mol. The van der Waals surface area contributed by atoms with Gasteiger partial charge in [-0.1, -0.05) is 47.6 Å². The van der Waals surface area contributed by atoms with Gasteiger partial charge in [-0.05, 0) is 43.2 Å². The van der Waals surface area contributed by atoms with Gasteiger partial charge in [0.2, 0.25) is 0 Å². The maximum Gasteiger partial charge on any atom is 0.276 e. The number of ether oxygens (including phenoxy) is 2. The molecule has 0 saturated heterocycles. The number of thioether (sulfide) groups is 1. The summed E-state index contributed by atoms with van der Waals surface area (Å²) in [7, 11) is 0. The van der Waals surface area contributed by atoms with Gasteiger partial charge in [0.1, 0.15) is 11.5 Å². The number of rotatable bonds is 8. The van der Waals surface area contributed by atoms with Gasteiger partial charge in [-0.3, -0.25) is 0 Å². The molecule has 3 rings (SSSR count). The third-order valence-electron chi connectivity index (χ3n) is 3.55. The largest absolute Gasteiger partial charge is 0.491 e. The summed E-state index contributed by atoms with van der Waals surface area (Å²) < 4.78 is 17.0. The van der Waals surface area contributed by atoms with Crippen LogP contribution in [0.15, 0.2) is 52.1 Å². The van der Waals surface area contributed by atoms with Crippen LogP contribution < -0.4 is 9.47 Å². The highest BCUT2D eigenvalue weighted by Crippen LogP contribution is 2.24. The zero-order chi connectivity index (χ0) is 18.4. The van der Waals surface area contributed by atoms with Crippen LogP contribution in [0.5, 0.6) is 11.5 Å². The van der Waals surface area contributed by atoms with Crippen molar-refractivity contribution >= 4 is 23.4 Å². The highest BCUT2D eigenvalue weighted by molar-refractivity contribution is 7.99. The molecule has 0 amide bonds. The first kappa shape index (κ1) is 18.6. The Kier molecular flexibility index (Phi) is 6.41. The number of nitrogens with zero attached hydrogens (tertiary/aromatic N) is 2. The maximum absolute atomic E-state index is 6.04. The molecule has 136 valence electrons. The van der Waals surface area contributed by atoms with Crippen LogP contribution in [0, 0.1) is 13.8 Å². The van der Waals surface area contributed by atoms with Gasteiger partial charge in [0.15, 0.2) is 6.61 Å². The molecule has 0 atom stereocenters. The van der Waals surface area contributed by atoms with E-state index in [0.717, 1.165) is 16.9 Å². The maximum atomic E-state index is 6.04. The average molecular weight is 391 g/mol. The normalized spacial score (nSPS) is 10.7. The molecule has 1 heterocycles. The molecule has 3 aromatic rings. The number of halogens is 1. The first-order valence-corrected chi connectivity index (χ1v) is 9.51. The van der Waals surface area contributed by atoms with Gasteiger partial charge in [-0.25, -0.2) is 0 Å². The number of benzene rings is 2. The van der Waals surface area contributed by atoms with Gasteiger partial charge in [-0.15, -0.1) is 10.2 Å². The van der Waals surface area contributed by atoms with Crippen molar-refractivity contribution in [2.24, 2.45) is 0 Å². The minimum absolute atomic E-state index is 0.244. The van der Waals surface area contributed by atoms with E-state index in [0.29, 0.717) is 34.2 Å². The molecule has 2 aromatic carbocycles. The molecule has 0 aliphatic heterocycles. The fraction of sp³-hybridized carbons (Fsp3) is 0.263. The van der Waals surface area contributed by atoms with E-state index in [-0.39, 0.29) is 6.61 Å². The standard InChI is InChI=1S/C19H19ClN2O3S/c1-13-7-8-14(2)17(11-13)24-12-18-21-22-19(25-18)26-10-9-23-16-6-4-3-5-15(16)20/h3-8,11H,9-10,12H2,1-2H3. The van der Waals surface area contributed by atoms with Crippen molar-refractivity contribution in [2.75, 3.05) is 12.4 Å². The minimum atomic E-state index is 0.244. The smallest absolute Gasteiger partial charge is 0.276 e. The van der Waals surface area contributed by atoms with Gasteiger partial charge in [-0.2, -0.15) is 0 Å². The summed E-state index contributed by atoms with van der Waals surface area (Å²) in [6, 6.07) is 13.5. The number of aromatic nitrogens is 2. The van der Waals surface area contributed by atoms with Crippen LogP contribution in [-0.2, 0) is 6.61 Å². The Bertz CT molecular complexity index is 869. The van der Waals surface area contributed by atoms with Crippen molar-refractivity contribution in [3.8, 4) is 11.5 Å². The van der Waals surface area contributed by atoms with Crippen LogP contribution in [0.3, 0.4) is 0 Å². The number of aryl methyl sites for hydroxylation is 2. The Morgan fingerprint density at radius 2 is 1.88 bits per heavy atom. The van der Waals surface area contributed by atoms with Crippen LogP contribution in [0.25, 0.3) is 0 Å². The van der Waals surface area contributed by atoms with Crippen LogP contribution in [0.2, 0.25) is 5.02 Å². The molecule has 0 aliphatic rings. The zero-order valence-electron chi connectivity index (χ0n) is 14.6. The summed E-state index contributed by atoms with van der Waals surface area (Å²) in [6.07, 6.45) is 0. The highest BCUT2D eigenvalue weighted by Gasteiger charge is 2.09. The van der Waals surface area contributed by atoms with Gasteiger partial charge < -0.3 is 13.9 Å². The van der Waals surface area contributed by atoms with E-state index < -0.39 is 0 Å². The summed E-state index contributed by atoms with van der Waals surface area (Å²) in [5.41, 5.74) is 2.22. The monoisotopic (exact) mass is 390 g/mol. The van der Waals surface area contributed by atoms with Crippen molar-refractivity contribution in [2.45, 2.75) is 25.7 Å². The Balaban J connectivity index is 1.44. The molecule has 7 heteroatoms. The molecular formula is C19H19ClN2O3S. The van der Waals surface area contributed by atoms with E-state index in [1.807, 2.05) is 50.2 Å². The van der Waals surface area contributed by atoms with E-state index in [1.54, 1.807) is 6.07 Å². The predicted molar refractivity (Wildman–Crippen MR) is 102 cm³/mol. The second-order valence-corrected chi connectivity index (χ2v) is 7.10. The fourth-order valence-corrected chi connectivity index (χ4v) is 2.98. The number of para-hydroxylation sites is 1. The summed E-state index contributed by atoms with van der Waals surface area (Å²) >= 11 is 7.47. The topological polar surface area (TPSA) is 57.4 Å². The van der Waals surface area contributed by atoms with Crippen molar-refractivity contribution in [3.05, 3.63) is 64.5 Å². The summed E-state index contributed by atoms with van der Waals surface area (Å²) in [4.78, 5) is 0. The van der Waals surface area contributed by atoms with E-state index >= 15 is 0 Å². The molecule has 0 saturated carbocycles. The first-order valence-electron chi connectivity index (χ1n) is 8.14. The molecule has 26 heavy (non-hydrogen) atoms. The van der Waals surface area contributed by atoms with Crippen molar-refractivity contribution in [1.29, 1.82) is 0 Å². The molecule has 5 nitrogen and oxygen atoms in total.